The molecule has 1 aromatic heterocycles. The average Bonchev–Trinajstić information content (AvgIpc) is 2.15. The van der Waals surface area contributed by atoms with Crippen LogP contribution >= 0.6 is 0 Å². The summed E-state index contributed by atoms with van der Waals surface area (Å²) in [7, 11) is 0. The molecule has 0 unspecified atom stereocenters. The molecule has 0 radical (unpaired) electrons. The van der Waals surface area contributed by atoms with Gasteiger partial charge in [0.05, 0.1) is 6.33 Å². The normalized spacial score (nSPS) is 8.89. The van der Waals surface area contributed by atoms with Crippen molar-refractivity contribution in [3.05, 3.63) is 21.9 Å². The first-order valence-electron chi connectivity index (χ1n) is 2.00. The number of rotatable bonds is 2. The number of aromatic nitrogens is 3. The van der Waals surface area contributed by atoms with E-state index in [-0.39, 0.29) is 5.95 Å². The minimum atomic E-state index is -0.847. The lowest BCUT2D eigenvalue weighted by Crippen LogP contribution is -1.86. The summed E-state index contributed by atoms with van der Waals surface area (Å²) in [5.74, 6) is -0.0972. The van der Waals surface area contributed by atoms with Crippen LogP contribution in [-0.4, -0.2) is 20.2 Å². The summed E-state index contributed by atoms with van der Waals surface area (Å²) in [6.45, 7) is 0. The Morgan fingerprint density at radius 2 is 2.67 bits per heavy atom. The third-order valence-electron chi connectivity index (χ3n) is 0.579. The highest BCUT2D eigenvalue weighted by atomic mass is 16.7. The highest BCUT2D eigenvalue weighted by molar-refractivity contribution is 5.21. The van der Waals surface area contributed by atoms with Crippen LogP contribution in [0, 0.1) is 10.1 Å². The van der Waals surface area contributed by atoms with Gasteiger partial charge in [-0.1, -0.05) is 5.43 Å². The monoisotopic (exact) mass is 128 g/mol. The molecule has 0 aliphatic rings. The first-order valence-corrected chi connectivity index (χ1v) is 2.00. The van der Waals surface area contributed by atoms with E-state index in [0.29, 0.717) is 0 Å². The predicted molar refractivity (Wildman–Crippen MR) is 26.4 cm³/mol. The van der Waals surface area contributed by atoms with E-state index in [4.69, 9.17) is 0 Å². The Balaban J connectivity index is 2.58. The van der Waals surface area contributed by atoms with Gasteiger partial charge in [-0.15, -0.1) is 0 Å². The van der Waals surface area contributed by atoms with Crippen LogP contribution in [0.1, 0.15) is 0 Å². The maximum Gasteiger partial charge on any atom is 0.125 e. The van der Waals surface area contributed by atoms with Gasteiger partial charge in [0.25, 0.3) is 0 Å². The zero-order chi connectivity index (χ0) is 6.69. The molecule has 1 aromatic rings. The van der Waals surface area contributed by atoms with Crippen molar-refractivity contribution < 1.29 is 5.03 Å². The number of H-pyrrole nitrogens is 1. The van der Waals surface area contributed by atoms with Gasteiger partial charge in [0.2, 0.25) is 0 Å². The summed E-state index contributed by atoms with van der Waals surface area (Å²) in [5.41, 5.74) is 2.81. The third kappa shape index (κ3) is 1.37. The van der Waals surface area contributed by atoms with Gasteiger partial charge in [0.15, 0.2) is 0 Å². The molecule has 0 saturated heterocycles. The van der Waals surface area contributed by atoms with Crippen LogP contribution in [0.15, 0.2) is 6.33 Å². The fourth-order valence-electron chi connectivity index (χ4n) is 0.325. The Kier molecular flexibility index (Phi) is 1.26. The summed E-state index contributed by atoms with van der Waals surface area (Å²) in [4.78, 5) is 13.0. The molecule has 0 atom stereocenters. The highest BCUT2D eigenvalue weighted by Crippen LogP contribution is 2.05. The second kappa shape index (κ2) is 2.07. The molecule has 7 heteroatoms. The lowest BCUT2D eigenvalue weighted by molar-refractivity contribution is -0.419. The van der Waals surface area contributed by atoms with Crippen molar-refractivity contribution in [2.24, 2.45) is 0 Å². The molecule has 0 fully saturated rings. The average molecular weight is 128 g/mol. The molecule has 0 spiro atoms. The van der Waals surface area contributed by atoms with Gasteiger partial charge in [0.1, 0.15) is 11.0 Å². The first-order chi connectivity index (χ1) is 4.29. The standard InChI is InChI=1S/C2H2N5O2/c8-7(9)6-2-3-1-4-5-2/h1H,(H-,3,4,5,6)/q-1. The van der Waals surface area contributed by atoms with Crippen LogP contribution < -0.4 is 0 Å². The van der Waals surface area contributed by atoms with E-state index in [2.05, 4.69) is 20.6 Å². The molecule has 9 heavy (non-hydrogen) atoms. The molecule has 48 valence electrons. The van der Waals surface area contributed by atoms with Crippen LogP contribution in [0.25, 0.3) is 5.43 Å². The van der Waals surface area contributed by atoms with E-state index < -0.39 is 5.03 Å². The van der Waals surface area contributed by atoms with E-state index in [1.54, 1.807) is 0 Å². The third-order valence-corrected chi connectivity index (χ3v) is 0.579. The molecule has 1 N–H and O–H groups in total. The van der Waals surface area contributed by atoms with E-state index in [1.807, 2.05) is 0 Å². The maximum absolute atomic E-state index is 9.62. The maximum atomic E-state index is 9.62. The zero-order valence-electron chi connectivity index (χ0n) is 4.18. The van der Waals surface area contributed by atoms with Crippen LogP contribution in [0.5, 0.6) is 0 Å². The number of nitrogens with one attached hydrogen (secondary N) is 1. The highest BCUT2D eigenvalue weighted by Gasteiger charge is 1.90. The van der Waals surface area contributed by atoms with Crippen LogP contribution in [-0.2, 0) is 0 Å². The number of hydrogen-bond acceptors (Lipinski definition) is 4. The lowest BCUT2D eigenvalue weighted by Gasteiger charge is -1.92. The molecule has 0 amide bonds. The number of nitro groups is 1. The van der Waals surface area contributed by atoms with E-state index >= 15 is 0 Å². The largest absolute Gasteiger partial charge is 0.343 e. The van der Waals surface area contributed by atoms with Crippen molar-refractivity contribution in [1.82, 2.24) is 15.2 Å². The van der Waals surface area contributed by atoms with Gasteiger partial charge in [-0.25, -0.2) is 15.2 Å². The lowest BCUT2D eigenvalue weighted by atomic mass is 11.1. The second-order valence-electron chi connectivity index (χ2n) is 1.15. The van der Waals surface area contributed by atoms with Crippen LogP contribution in [0.2, 0.25) is 0 Å². The van der Waals surface area contributed by atoms with Gasteiger partial charge in [-0.3, -0.25) is 0 Å². The molecule has 1 rings (SSSR count). The quantitative estimate of drug-likeness (QED) is 0.447. The Morgan fingerprint density at radius 3 is 3.11 bits per heavy atom. The van der Waals surface area contributed by atoms with E-state index in [0.717, 1.165) is 6.33 Å². The molecular weight excluding hydrogens is 126 g/mol. The summed E-state index contributed by atoms with van der Waals surface area (Å²) in [5, 5.41) is 14.3. The minimum absolute atomic E-state index is 0.0972. The van der Waals surface area contributed by atoms with Gasteiger partial charge < -0.3 is 10.1 Å². The van der Waals surface area contributed by atoms with Gasteiger partial charge in [-0.05, 0) is 0 Å². The molecule has 7 nitrogen and oxygen atoms in total. The number of hydrogen-bond donors (Lipinski definition) is 1. The fraction of sp³-hybridized carbons (Fsp3) is 0. The smallest absolute Gasteiger partial charge is 0.125 e. The molecule has 0 saturated carbocycles. The summed E-state index contributed by atoms with van der Waals surface area (Å²) < 4.78 is 0. The summed E-state index contributed by atoms with van der Waals surface area (Å²) >= 11 is 0. The van der Waals surface area contributed by atoms with Crippen molar-refractivity contribution in [2.75, 3.05) is 0 Å². The Labute approximate surface area is 49.2 Å². The first kappa shape index (κ1) is 5.48. The Bertz CT molecular complexity index is 193. The van der Waals surface area contributed by atoms with E-state index in [1.165, 1.54) is 0 Å². The van der Waals surface area contributed by atoms with Crippen LogP contribution in [0.3, 0.4) is 0 Å². The molecular formula is C2H2N5O2-. The fourth-order valence-corrected chi connectivity index (χ4v) is 0.325. The SMILES string of the molecule is O=[N+]([O-])[N-]c1ncn[nH]1. The summed E-state index contributed by atoms with van der Waals surface area (Å²) in [6.07, 6.45) is 1.14. The number of aromatic amines is 1. The van der Waals surface area contributed by atoms with Crippen molar-refractivity contribution in [1.29, 1.82) is 0 Å². The predicted octanol–water partition coefficient (Wildman–Crippen LogP) is 0.00160. The second-order valence-corrected chi connectivity index (χ2v) is 1.15. The number of nitrogens with zero attached hydrogens (tertiary/aromatic N) is 4. The summed E-state index contributed by atoms with van der Waals surface area (Å²) in [6, 6.07) is 0. The van der Waals surface area contributed by atoms with Crippen LogP contribution in [0.4, 0.5) is 5.95 Å². The Hall–Kier alpha value is -1.66. The molecule has 0 bridgehead atoms. The molecule has 0 aliphatic carbocycles. The molecule has 0 aromatic carbocycles. The molecule has 0 aliphatic heterocycles. The zero-order valence-corrected chi connectivity index (χ0v) is 4.18. The van der Waals surface area contributed by atoms with Crippen molar-refractivity contribution in [2.45, 2.75) is 0 Å². The molecule has 1 heterocycles. The van der Waals surface area contributed by atoms with Crippen molar-refractivity contribution in [3.8, 4) is 0 Å². The van der Waals surface area contributed by atoms with Gasteiger partial charge in [-0.2, -0.15) is 0 Å². The van der Waals surface area contributed by atoms with E-state index in [9.17, 15) is 10.1 Å². The van der Waals surface area contributed by atoms with Crippen molar-refractivity contribution in [3.63, 3.8) is 0 Å². The topological polar surface area (TPSA) is 98.8 Å². The van der Waals surface area contributed by atoms with Gasteiger partial charge in [0, 0.05) is 0 Å². The van der Waals surface area contributed by atoms with Gasteiger partial charge >= 0.3 is 0 Å². The minimum Gasteiger partial charge on any atom is -0.343 e. The van der Waals surface area contributed by atoms with Crippen molar-refractivity contribution >= 4 is 5.95 Å². The Morgan fingerprint density at radius 1 is 1.89 bits per heavy atom.